The Morgan fingerprint density at radius 3 is 2.31 bits per heavy atom. The third-order valence-corrected chi connectivity index (χ3v) is 6.00. The van der Waals surface area contributed by atoms with Crippen molar-refractivity contribution >= 4 is 38.5 Å². The van der Waals surface area contributed by atoms with Crippen molar-refractivity contribution in [3.63, 3.8) is 0 Å². The van der Waals surface area contributed by atoms with Crippen LogP contribution in [-0.4, -0.2) is 6.16 Å². The van der Waals surface area contributed by atoms with Crippen molar-refractivity contribution in [2.75, 3.05) is 0 Å². The van der Waals surface area contributed by atoms with E-state index >= 15 is 0 Å². The lowest BCUT2D eigenvalue weighted by Gasteiger charge is -2.15. The molecule has 0 fully saturated rings. The van der Waals surface area contributed by atoms with Crippen LogP contribution in [0.4, 0.5) is 4.79 Å². The molecule has 0 unspecified atom stereocenters. The molecule has 5 rings (SSSR count). The normalized spacial score (nSPS) is 11.2. The lowest BCUT2D eigenvalue weighted by atomic mass is 9.96. The van der Waals surface area contributed by atoms with Crippen molar-refractivity contribution in [2.45, 2.75) is 26.7 Å². The lowest BCUT2D eigenvalue weighted by molar-refractivity contribution is 0.153. The summed E-state index contributed by atoms with van der Waals surface area (Å²) in [6.45, 7) is 4.24. The molecule has 32 heavy (non-hydrogen) atoms. The Balaban J connectivity index is 1.62. The predicted octanol–water partition coefficient (Wildman–Crippen LogP) is 7.85. The van der Waals surface area contributed by atoms with Crippen molar-refractivity contribution in [3.05, 3.63) is 96.1 Å². The van der Waals surface area contributed by atoms with Crippen LogP contribution in [0.2, 0.25) is 0 Å². The number of ether oxygens (including phenoxy) is 2. The average molecular weight is 421 g/mol. The minimum absolute atomic E-state index is 0.488. The Labute approximate surface area is 187 Å². The monoisotopic (exact) mass is 420 g/mol. The number of carbonyl (C=O) groups excluding carboxylic acids is 1. The summed E-state index contributed by atoms with van der Waals surface area (Å²) in [5, 5.41) is 5.86. The molecule has 5 aromatic carbocycles. The predicted molar refractivity (Wildman–Crippen MR) is 131 cm³/mol. The lowest BCUT2D eigenvalue weighted by Crippen LogP contribution is -2.14. The van der Waals surface area contributed by atoms with E-state index in [1.165, 1.54) is 5.56 Å². The smallest absolute Gasteiger partial charge is 0.394 e. The SMILES string of the molecule is CCc1ccc2c(OC(=O)Oc3cccc4ccccc34)c3c(CC)cccc3cc2c1. The molecule has 0 aliphatic carbocycles. The summed E-state index contributed by atoms with van der Waals surface area (Å²) < 4.78 is 11.6. The second-order valence-electron chi connectivity index (χ2n) is 7.91. The van der Waals surface area contributed by atoms with Gasteiger partial charge in [-0.25, -0.2) is 4.79 Å². The summed E-state index contributed by atoms with van der Waals surface area (Å²) in [4.78, 5) is 13.0. The highest BCUT2D eigenvalue weighted by atomic mass is 16.7. The maximum absolute atomic E-state index is 13.0. The van der Waals surface area contributed by atoms with E-state index in [9.17, 15) is 4.79 Å². The van der Waals surface area contributed by atoms with E-state index in [-0.39, 0.29) is 0 Å². The van der Waals surface area contributed by atoms with Crippen LogP contribution in [-0.2, 0) is 12.8 Å². The molecule has 5 aromatic rings. The minimum atomic E-state index is -0.736. The zero-order valence-electron chi connectivity index (χ0n) is 18.2. The molecular weight excluding hydrogens is 396 g/mol. The summed E-state index contributed by atoms with van der Waals surface area (Å²) in [6.07, 6.45) is 1.05. The fraction of sp³-hybridized carbons (Fsp3) is 0.138. The van der Waals surface area contributed by atoms with Crippen molar-refractivity contribution in [1.82, 2.24) is 0 Å². The van der Waals surface area contributed by atoms with Crippen molar-refractivity contribution < 1.29 is 14.3 Å². The molecule has 0 aliphatic heterocycles. The molecule has 0 atom stereocenters. The molecule has 0 heterocycles. The van der Waals surface area contributed by atoms with Gasteiger partial charge in [-0.15, -0.1) is 0 Å². The molecule has 0 amide bonds. The van der Waals surface area contributed by atoms with Gasteiger partial charge in [0.05, 0.1) is 0 Å². The van der Waals surface area contributed by atoms with Gasteiger partial charge in [0.2, 0.25) is 0 Å². The molecule has 158 valence electrons. The molecule has 0 saturated carbocycles. The van der Waals surface area contributed by atoms with Crippen LogP contribution in [0, 0.1) is 0 Å². The Kier molecular flexibility index (Phi) is 5.24. The van der Waals surface area contributed by atoms with E-state index in [1.54, 1.807) is 6.07 Å². The van der Waals surface area contributed by atoms with Gasteiger partial charge in [0.1, 0.15) is 11.5 Å². The van der Waals surface area contributed by atoms with Gasteiger partial charge >= 0.3 is 6.16 Å². The Morgan fingerprint density at radius 2 is 1.47 bits per heavy atom. The number of hydrogen-bond donors (Lipinski definition) is 0. The molecule has 0 saturated heterocycles. The maximum Gasteiger partial charge on any atom is 0.519 e. The van der Waals surface area contributed by atoms with Crippen LogP contribution in [0.15, 0.2) is 84.9 Å². The fourth-order valence-electron chi connectivity index (χ4n) is 4.36. The van der Waals surface area contributed by atoms with Crippen molar-refractivity contribution in [1.29, 1.82) is 0 Å². The van der Waals surface area contributed by atoms with Crippen LogP contribution < -0.4 is 9.47 Å². The molecule has 0 aromatic heterocycles. The number of rotatable bonds is 4. The summed E-state index contributed by atoms with van der Waals surface area (Å²) in [6, 6.07) is 28.1. The van der Waals surface area contributed by atoms with Crippen LogP contribution >= 0.6 is 0 Å². The first-order valence-electron chi connectivity index (χ1n) is 11.0. The van der Waals surface area contributed by atoms with E-state index in [4.69, 9.17) is 9.47 Å². The molecule has 0 N–H and O–H groups in total. The zero-order valence-corrected chi connectivity index (χ0v) is 18.2. The topological polar surface area (TPSA) is 35.5 Å². The number of hydrogen-bond acceptors (Lipinski definition) is 3. The molecule has 3 heteroatoms. The standard InChI is InChI=1S/C29H24O3/c1-3-19-15-16-25-23(17-19)18-22-12-7-10-20(4-2)27(22)28(25)32-29(30)31-26-14-8-11-21-9-5-6-13-24(21)26/h5-18H,3-4H2,1-2H3. The molecule has 3 nitrogen and oxygen atoms in total. The first kappa shape index (κ1) is 20.1. The molecule has 0 radical (unpaired) electrons. The van der Waals surface area contributed by atoms with E-state index in [1.807, 2.05) is 42.5 Å². The average Bonchev–Trinajstić information content (AvgIpc) is 2.83. The Bertz CT molecular complexity index is 1460. The van der Waals surface area contributed by atoms with Gasteiger partial charge in [-0.2, -0.15) is 0 Å². The van der Waals surface area contributed by atoms with Gasteiger partial charge in [-0.05, 0) is 52.3 Å². The maximum atomic E-state index is 13.0. The Morgan fingerprint density at radius 1 is 0.688 bits per heavy atom. The molecule has 0 bridgehead atoms. The van der Waals surface area contributed by atoms with Crippen LogP contribution in [0.5, 0.6) is 11.5 Å². The van der Waals surface area contributed by atoms with Gasteiger partial charge in [-0.3, -0.25) is 0 Å². The zero-order chi connectivity index (χ0) is 22.1. The second-order valence-corrected chi connectivity index (χ2v) is 7.91. The van der Waals surface area contributed by atoms with E-state index in [0.29, 0.717) is 11.5 Å². The van der Waals surface area contributed by atoms with Gasteiger partial charge in [0, 0.05) is 16.2 Å². The Hall–Kier alpha value is -3.85. The fourth-order valence-corrected chi connectivity index (χ4v) is 4.36. The quantitative estimate of drug-likeness (QED) is 0.169. The molecule has 0 aliphatic rings. The van der Waals surface area contributed by atoms with Crippen LogP contribution in [0.25, 0.3) is 32.3 Å². The van der Waals surface area contributed by atoms with E-state index in [0.717, 1.165) is 50.7 Å². The first-order chi connectivity index (χ1) is 15.7. The third-order valence-electron chi connectivity index (χ3n) is 6.00. The van der Waals surface area contributed by atoms with Gasteiger partial charge in [0.15, 0.2) is 0 Å². The number of carbonyl (C=O) groups is 1. The highest BCUT2D eigenvalue weighted by molar-refractivity contribution is 6.08. The van der Waals surface area contributed by atoms with Crippen LogP contribution in [0.1, 0.15) is 25.0 Å². The number of aryl methyl sites for hydroxylation is 2. The largest absolute Gasteiger partial charge is 0.519 e. The van der Waals surface area contributed by atoms with Gasteiger partial charge in [-0.1, -0.05) is 86.6 Å². The molecular formula is C29H24O3. The number of benzene rings is 5. The summed E-state index contributed by atoms with van der Waals surface area (Å²) in [5.41, 5.74) is 2.38. The van der Waals surface area contributed by atoms with Gasteiger partial charge < -0.3 is 9.47 Å². The van der Waals surface area contributed by atoms with E-state index in [2.05, 4.69) is 50.2 Å². The highest BCUT2D eigenvalue weighted by Crippen LogP contribution is 2.38. The highest BCUT2D eigenvalue weighted by Gasteiger charge is 2.18. The van der Waals surface area contributed by atoms with Crippen molar-refractivity contribution in [2.24, 2.45) is 0 Å². The number of fused-ring (bicyclic) bond motifs is 3. The molecule has 0 spiro atoms. The van der Waals surface area contributed by atoms with Crippen molar-refractivity contribution in [3.8, 4) is 11.5 Å². The first-order valence-corrected chi connectivity index (χ1v) is 11.0. The summed E-state index contributed by atoms with van der Waals surface area (Å²) in [5.74, 6) is 1.05. The second kappa shape index (κ2) is 8.35. The van der Waals surface area contributed by atoms with Gasteiger partial charge in [0.25, 0.3) is 0 Å². The third kappa shape index (κ3) is 3.56. The van der Waals surface area contributed by atoms with Crippen LogP contribution in [0.3, 0.4) is 0 Å². The minimum Gasteiger partial charge on any atom is -0.394 e. The summed E-state index contributed by atoms with van der Waals surface area (Å²) in [7, 11) is 0. The van der Waals surface area contributed by atoms with E-state index < -0.39 is 6.16 Å². The summed E-state index contributed by atoms with van der Waals surface area (Å²) >= 11 is 0.